The number of nitrogens with one attached hydrogen (secondary N) is 1. The van der Waals surface area contributed by atoms with Gasteiger partial charge in [0.15, 0.2) is 0 Å². The molecule has 0 amide bonds. The lowest BCUT2D eigenvalue weighted by atomic mass is 10.4. The van der Waals surface area contributed by atoms with Gasteiger partial charge in [-0.25, -0.2) is 0 Å². The second-order valence-electron chi connectivity index (χ2n) is 4.51. The van der Waals surface area contributed by atoms with Gasteiger partial charge in [-0.1, -0.05) is 5.21 Å². The first-order valence-electron chi connectivity index (χ1n) is 6.73. The number of nitrogens with two attached hydrogens (primary N) is 1. The molecule has 0 aromatic carbocycles. The standard InChI is InChI=1S/C11H17N9O/c12-9-15-10(13-1-3-20-4-2-14-18-20)17-11(16-9)19-5-7-21-8-6-19/h2,4H,1,3,5-8H2,(H3,12,13,15,16,17). The van der Waals surface area contributed by atoms with Gasteiger partial charge < -0.3 is 20.7 Å². The van der Waals surface area contributed by atoms with Gasteiger partial charge in [0.2, 0.25) is 17.8 Å². The third kappa shape index (κ3) is 3.54. The number of rotatable bonds is 5. The minimum Gasteiger partial charge on any atom is -0.378 e. The van der Waals surface area contributed by atoms with Crippen molar-refractivity contribution in [2.45, 2.75) is 6.54 Å². The van der Waals surface area contributed by atoms with E-state index in [9.17, 15) is 0 Å². The molecule has 1 aliphatic heterocycles. The van der Waals surface area contributed by atoms with E-state index in [-0.39, 0.29) is 5.95 Å². The molecule has 1 saturated heterocycles. The highest BCUT2D eigenvalue weighted by atomic mass is 16.5. The van der Waals surface area contributed by atoms with Crippen molar-refractivity contribution in [3.05, 3.63) is 12.4 Å². The van der Waals surface area contributed by atoms with E-state index in [1.807, 2.05) is 4.90 Å². The molecule has 0 radical (unpaired) electrons. The Morgan fingerprint density at radius 1 is 1.24 bits per heavy atom. The van der Waals surface area contributed by atoms with Crippen LogP contribution in [0.3, 0.4) is 0 Å². The van der Waals surface area contributed by atoms with Crippen LogP contribution in [-0.2, 0) is 11.3 Å². The minimum atomic E-state index is 0.203. The highest BCUT2D eigenvalue weighted by Crippen LogP contribution is 2.13. The van der Waals surface area contributed by atoms with Gasteiger partial charge >= 0.3 is 0 Å². The number of anilines is 3. The maximum Gasteiger partial charge on any atom is 0.232 e. The fourth-order valence-corrected chi connectivity index (χ4v) is 2.00. The fraction of sp³-hybridized carbons (Fsp3) is 0.545. The number of hydrogen-bond acceptors (Lipinski definition) is 9. The number of hydrogen-bond donors (Lipinski definition) is 2. The molecule has 3 N–H and O–H groups in total. The van der Waals surface area contributed by atoms with Gasteiger partial charge in [0.25, 0.3) is 0 Å². The Morgan fingerprint density at radius 2 is 2.10 bits per heavy atom. The fourth-order valence-electron chi connectivity index (χ4n) is 2.00. The molecule has 0 saturated carbocycles. The highest BCUT2D eigenvalue weighted by molar-refractivity contribution is 5.42. The molecular weight excluding hydrogens is 274 g/mol. The summed E-state index contributed by atoms with van der Waals surface area (Å²) in [6, 6.07) is 0. The first-order valence-corrected chi connectivity index (χ1v) is 6.73. The predicted molar refractivity (Wildman–Crippen MR) is 75.8 cm³/mol. The van der Waals surface area contributed by atoms with Gasteiger partial charge in [0.05, 0.1) is 26.0 Å². The molecule has 21 heavy (non-hydrogen) atoms. The van der Waals surface area contributed by atoms with Crippen molar-refractivity contribution in [1.29, 1.82) is 0 Å². The molecular formula is C11H17N9O. The molecule has 2 aromatic rings. The summed E-state index contributed by atoms with van der Waals surface area (Å²) in [5.41, 5.74) is 5.74. The summed E-state index contributed by atoms with van der Waals surface area (Å²) in [4.78, 5) is 14.7. The van der Waals surface area contributed by atoms with E-state index in [1.54, 1.807) is 17.1 Å². The summed E-state index contributed by atoms with van der Waals surface area (Å²) in [6.45, 7) is 4.12. The van der Waals surface area contributed by atoms with Crippen molar-refractivity contribution in [3.8, 4) is 0 Å². The third-order valence-corrected chi connectivity index (χ3v) is 3.03. The summed E-state index contributed by atoms with van der Waals surface area (Å²) >= 11 is 0. The van der Waals surface area contributed by atoms with Crippen LogP contribution in [0.4, 0.5) is 17.8 Å². The summed E-state index contributed by atoms with van der Waals surface area (Å²) in [5.74, 6) is 1.24. The number of nitrogen functional groups attached to an aromatic ring is 1. The first-order chi connectivity index (χ1) is 10.3. The zero-order valence-electron chi connectivity index (χ0n) is 11.5. The Labute approximate surface area is 121 Å². The maximum absolute atomic E-state index is 5.74. The van der Waals surface area contributed by atoms with Gasteiger partial charge in [0.1, 0.15) is 0 Å². The van der Waals surface area contributed by atoms with Crippen molar-refractivity contribution in [2.24, 2.45) is 0 Å². The van der Waals surface area contributed by atoms with E-state index in [4.69, 9.17) is 10.5 Å². The second kappa shape index (κ2) is 6.31. The van der Waals surface area contributed by atoms with E-state index < -0.39 is 0 Å². The van der Waals surface area contributed by atoms with Crippen LogP contribution in [0.1, 0.15) is 0 Å². The average Bonchev–Trinajstić information content (AvgIpc) is 3.01. The Hall–Kier alpha value is -2.49. The molecule has 0 bridgehead atoms. The molecule has 112 valence electrons. The van der Waals surface area contributed by atoms with Crippen molar-refractivity contribution in [1.82, 2.24) is 29.9 Å². The van der Waals surface area contributed by atoms with Gasteiger partial charge in [0, 0.05) is 25.8 Å². The molecule has 3 rings (SSSR count). The molecule has 1 fully saturated rings. The van der Waals surface area contributed by atoms with Crippen LogP contribution in [-0.4, -0.2) is 62.8 Å². The number of nitrogens with zero attached hydrogens (tertiary/aromatic N) is 7. The van der Waals surface area contributed by atoms with Gasteiger partial charge in [-0.3, -0.25) is 4.68 Å². The Balaban J connectivity index is 1.63. The summed E-state index contributed by atoms with van der Waals surface area (Å²) in [7, 11) is 0. The van der Waals surface area contributed by atoms with Gasteiger partial charge in [-0.15, -0.1) is 5.10 Å². The number of aromatic nitrogens is 6. The maximum atomic E-state index is 5.74. The molecule has 2 aromatic heterocycles. The van der Waals surface area contributed by atoms with E-state index in [0.29, 0.717) is 38.2 Å². The lowest BCUT2D eigenvalue weighted by Gasteiger charge is -2.26. The lowest BCUT2D eigenvalue weighted by molar-refractivity contribution is 0.122. The smallest absolute Gasteiger partial charge is 0.232 e. The van der Waals surface area contributed by atoms with Crippen LogP contribution < -0.4 is 16.0 Å². The molecule has 10 heteroatoms. The molecule has 3 heterocycles. The third-order valence-electron chi connectivity index (χ3n) is 3.03. The van der Waals surface area contributed by atoms with Crippen molar-refractivity contribution in [3.63, 3.8) is 0 Å². The van der Waals surface area contributed by atoms with E-state index >= 15 is 0 Å². The molecule has 10 nitrogen and oxygen atoms in total. The van der Waals surface area contributed by atoms with E-state index in [0.717, 1.165) is 13.1 Å². The average molecular weight is 291 g/mol. The zero-order valence-corrected chi connectivity index (χ0v) is 11.5. The van der Waals surface area contributed by atoms with Gasteiger partial charge in [-0.05, 0) is 0 Å². The molecule has 0 aliphatic carbocycles. The Kier molecular flexibility index (Phi) is 4.05. The quantitative estimate of drug-likeness (QED) is 0.714. The van der Waals surface area contributed by atoms with Crippen molar-refractivity contribution < 1.29 is 4.74 Å². The van der Waals surface area contributed by atoms with Gasteiger partial charge in [-0.2, -0.15) is 15.0 Å². The highest BCUT2D eigenvalue weighted by Gasteiger charge is 2.15. The summed E-state index contributed by atoms with van der Waals surface area (Å²) in [5, 5.41) is 10.7. The monoisotopic (exact) mass is 291 g/mol. The van der Waals surface area contributed by atoms with Crippen LogP contribution in [0.25, 0.3) is 0 Å². The van der Waals surface area contributed by atoms with Crippen molar-refractivity contribution in [2.75, 3.05) is 48.8 Å². The number of morpholine rings is 1. The normalized spacial score (nSPS) is 15.1. The van der Waals surface area contributed by atoms with Crippen LogP contribution in [0.5, 0.6) is 0 Å². The topological polar surface area (TPSA) is 120 Å². The largest absolute Gasteiger partial charge is 0.378 e. The van der Waals surface area contributed by atoms with Crippen molar-refractivity contribution >= 4 is 17.8 Å². The van der Waals surface area contributed by atoms with Crippen LogP contribution in [0, 0.1) is 0 Å². The van der Waals surface area contributed by atoms with Crippen LogP contribution in [0.15, 0.2) is 12.4 Å². The summed E-state index contributed by atoms with van der Waals surface area (Å²) in [6.07, 6.45) is 3.43. The molecule has 0 atom stereocenters. The Morgan fingerprint density at radius 3 is 2.86 bits per heavy atom. The minimum absolute atomic E-state index is 0.203. The SMILES string of the molecule is Nc1nc(NCCn2ccnn2)nc(N2CCOCC2)n1. The first kappa shape index (κ1) is 13.5. The Bertz CT molecular complexity index is 567. The second-order valence-corrected chi connectivity index (χ2v) is 4.51. The summed E-state index contributed by atoms with van der Waals surface area (Å²) < 4.78 is 7.04. The predicted octanol–water partition coefficient (Wildman–Crippen LogP) is -1.01. The van der Waals surface area contributed by atoms with E-state index in [1.165, 1.54) is 0 Å². The molecule has 0 spiro atoms. The lowest BCUT2D eigenvalue weighted by Crippen LogP contribution is -2.37. The molecule has 0 unspecified atom stereocenters. The van der Waals surface area contributed by atoms with Crippen LogP contribution in [0.2, 0.25) is 0 Å². The van der Waals surface area contributed by atoms with Crippen LogP contribution >= 0.6 is 0 Å². The van der Waals surface area contributed by atoms with E-state index in [2.05, 4.69) is 30.6 Å². The zero-order chi connectivity index (χ0) is 14.5. The number of ether oxygens (including phenoxy) is 1. The molecule has 1 aliphatic rings.